The van der Waals surface area contributed by atoms with E-state index in [-0.39, 0.29) is 12.0 Å². The number of rotatable bonds is 7. The molecule has 3 aromatic carbocycles. The molecule has 0 spiro atoms. The number of para-hydroxylation sites is 1. The molecule has 1 fully saturated rings. The molecule has 0 aliphatic carbocycles. The van der Waals surface area contributed by atoms with Crippen LogP contribution in [0, 0.1) is 0 Å². The second kappa shape index (κ2) is 10.5. The number of thiocarbonyl (C=S) groups is 1. The molecule has 0 N–H and O–H groups in total. The van der Waals surface area contributed by atoms with Gasteiger partial charge in [0.1, 0.15) is 10.1 Å². The third-order valence-electron chi connectivity index (χ3n) is 5.61. The van der Waals surface area contributed by atoms with E-state index in [0.29, 0.717) is 15.8 Å². The molecule has 180 valence electrons. The second-order valence-corrected chi connectivity index (χ2v) is 10.3. The van der Waals surface area contributed by atoms with Crippen LogP contribution in [-0.2, 0) is 11.3 Å². The monoisotopic (exact) mass is 511 g/mol. The topological polar surface area (TPSA) is 47.4 Å². The van der Waals surface area contributed by atoms with Crippen LogP contribution in [0.3, 0.4) is 0 Å². The van der Waals surface area contributed by atoms with Gasteiger partial charge in [0, 0.05) is 17.3 Å². The van der Waals surface area contributed by atoms with Crippen LogP contribution in [0.1, 0.15) is 25.0 Å². The van der Waals surface area contributed by atoms with Gasteiger partial charge < -0.3 is 4.74 Å². The summed E-state index contributed by atoms with van der Waals surface area (Å²) in [6.45, 7) is 4.46. The van der Waals surface area contributed by atoms with Gasteiger partial charge in [-0.05, 0) is 61.9 Å². The first-order valence-electron chi connectivity index (χ1n) is 11.7. The summed E-state index contributed by atoms with van der Waals surface area (Å²) in [5.41, 5.74) is 4.54. The fourth-order valence-corrected chi connectivity index (χ4v) is 5.18. The summed E-state index contributed by atoms with van der Waals surface area (Å²) in [7, 11) is 0. The molecule has 5 rings (SSSR count). The SMILES string of the molecule is CC(C)Oc1ccc(-c2nn(-c3ccccc3)cc2/C=C2\SC(=S)N(Cc3ccccc3)C2=O)cc1. The molecule has 1 aromatic heterocycles. The van der Waals surface area contributed by atoms with E-state index in [0.717, 1.165) is 33.8 Å². The maximum Gasteiger partial charge on any atom is 0.266 e. The molecular weight excluding hydrogens is 486 g/mol. The number of thioether (sulfide) groups is 1. The Kier molecular flexibility index (Phi) is 7.02. The van der Waals surface area contributed by atoms with Crippen LogP contribution in [0.25, 0.3) is 23.0 Å². The lowest BCUT2D eigenvalue weighted by Crippen LogP contribution is -2.27. The predicted octanol–water partition coefficient (Wildman–Crippen LogP) is 6.73. The largest absolute Gasteiger partial charge is 0.491 e. The zero-order chi connectivity index (χ0) is 25.1. The summed E-state index contributed by atoms with van der Waals surface area (Å²) in [6.07, 6.45) is 3.94. The Morgan fingerprint density at radius 3 is 2.31 bits per heavy atom. The summed E-state index contributed by atoms with van der Waals surface area (Å²) in [5.74, 6) is 0.715. The predicted molar refractivity (Wildman–Crippen MR) is 150 cm³/mol. The van der Waals surface area contributed by atoms with E-state index in [2.05, 4.69) is 0 Å². The fraction of sp³-hybridized carbons (Fsp3) is 0.138. The highest BCUT2D eigenvalue weighted by Crippen LogP contribution is 2.36. The Hall–Kier alpha value is -3.68. The minimum atomic E-state index is -0.0899. The number of carbonyl (C=O) groups is 1. The number of hydrogen-bond acceptors (Lipinski definition) is 5. The van der Waals surface area contributed by atoms with Crippen molar-refractivity contribution in [3.05, 3.63) is 107 Å². The number of nitrogens with zero attached hydrogens (tertiary/aromatic N) is 3. The van der Waals surface area contributed by atoms with E-state index in [1.165, 1.54) is 11.8 Å². The van der Waals surface area contributed by atoms with E-state index in [4.69, 9.17) is 22.1 Å². The Bertz CT molecular complexity index is 1410. The highest BCUT2D eigenvalue weighted by Gasteiger charge is 2.32. The van der Waals surface area contributed by atoms with Crippen molar-refractivity contribution in [1.82, 2.24) is 14.7 Å². The quantitative estimate of drug-likeness (QED) is 0.203. The lowest BCUT2D eigenvalue weighted by Gasteiger charge is -2.14. The average molecular weight is 512 g/mol. The van der Waals surface area contributed by atoms with Crippen molar-refractivity contribution in [1.29, 1.82) is 0 Å². The van der Waals surface area contributed by atoms with Crippen LogP contribution in [0.2, 0.25) is 0 Å². The van der Waals surface area contributed by atoms with E-state index in [9.17, 15) is 4.79 Å². The molecule has 7 heteroatoms. The molecule has 0 saturated carbocycles. The smallest absolute Gasteiger partial charge is 0.266 e. The van der Waals surface area contributed by atoms with Crippen molar-refractivity contribution in [3.8, 4) is 22.7 Å². The summed E-state index contributed by atoms with van der Waals surface area (Å²) in [6, 6.07) is 27.7. The number of aromatic nitrogens is 2. The molecule has 0 bridgehead atoms. The average Bonchev–Trinajstić information content (AvgIpc) is 3.42. The first kappa shape index (κ1) is 24.0. The molecule has 2 heterocycles. The molecule has 5 nitrogen and oxygen atoms in total. The Morgan fingerprint density at radius 2 is 1.64 bits per heavy atom. The third kappa shape index (κ3) is 5.27. The molecule has 1 aliphatic rings. The highest BCUT2D eigenvalue weighted by atomic mass is 32.2. The van der Waals surface area contributed by atoms with Gasteiger partial charge in [-0.3, -0.25) is 9.69 Å². The van der Waals surface area contributed by atoms with Crippen LogP contribution in [-0.4, -0.2) is 31.0 Å². The van der Waals surface area contributed by atoms with Gasteiger partial charge in [-0.1, -0.05) is 72.5 Å². The number of ether oxygens (including phenoxy) is 1. The third-order valence-corrected chi connectivity index (χ3v) is 6.98. The Balaban J connectivity index is 1.50. The maximum atomic E-state index is 13.3. The first-order valence-corrected chi connectivity index (χ1v) is 12.9. The van der Waals surface area contributed by atoms with Crippen LogP contribution in [0.4, 0.5) is 0 Å². The normalized spacial score (nSPS) is 14.8. The first-order chi connectivity index (χ1) is 17.5. The standard InChI is InChI=1S/C29H25N3O2S2/c1-20(2)34-25-15-13-22(14-16-25)27-23(19-32(30-27)24-11-7-4-8-12-24)17-26-28(33)31(29(35)36-26)18-21-9-5-3-6-10-21/h3-17,19-20H,18H2,1-2H3/b26-17-. The van der Waals surface area contributed by atoms with Gasteiger partial charge in [0.2, 0.25) is 0 Å². The zero-order valence-corrected chi connectivity index (χ0v) is 21.6. The van der Waals surface area contributed by atoms with Crippen molar-refractivity contribution >= 4 is 40.3 Å². The second-order valence-electron chi connectivity index (χ2n) is 8.66. The van der Waals surface area contributed by atoms with Gasteiger partial charge in [-0.25, -0.2) is 4.68 Å². The lowest BCUT2D eigenvalue weighted by atomic mass is 10.1. The van der Waals surface area contributed by atoms with E-state index >= 15 is 0 Å². The molecule has 1 aliphatic heterocycles. The van der Waals surface area contributed by atoms with Crippen molar-refractivity contribution in [2.75, 3.05) is 0 Å². The van der Waals surface area contributed by atoms with Gasteiger partial charge in [0.25, 0.3) is 5.91 Å². The zero-order valence-electron chi connectivity index (χ0n) is 20.0. The van der Waals surface area contributed by atoms with Crippen molar-refractivity contribution in [3.63, 3.8) is 0 Å². The number of carbonyl (C=O) groups excluding carboxylic acids is 1. The summed E-state index contributed by atoms with van der Waals surface area (Å²) in [5, 5.41) is 4.88. The van der Waals surface area contributed by atoms with Gasteiger partial charge >= 0.3 is 0 Å². The highest BCUT2D eigenvalue weighted by molar-refractivity contribution is 8.26. The maximum absolute atomic E-state index is 13.3. The molecule has 0 atom stereocenters. The summed E-state index contributed by atoms with van der Waals surface area (Å²) >= 11 is 6.89. The summed E-state index contributed by atoms with van der Waals surface area (Å²) in [4.78, 5) is 15.5. The van der Waals surface area contributed by atoms with Gasteiger partial charge in [-0.15, -0.1) is 0 Å². The minimum absolute atomic E-state index is 0.0899. The van der Waals surface area contributed by atoms with E-state index in [1.807, 2.05) is 116 Å². The van der Waals surface area contributed by atoms with E-state index in [1.54, 1.807) is 4.90 Å². The Morgan fingerprint density at radius 1 is 0.972 bits per heavy atom. The van der Waals surface area contributed by atoms with Crippen LogP contribution in [0.15, 0.2) is 96.0 Å². The number of benzene rings is 3. The fourth-order valence-electron chi connectivity index (χ4n) is 3.94. The molecule has 1 saturated heterocycles. The molecule has 0 unspecified atom stereocenters. The minimum Gasteiger partial charge on any atom is -0.491 e. The molecule has 1 amide bonds. The van der Waals surface area contributed by atoms with E-state index < -0.39 is 0 Å². The number of amides is 1. The molecule has 4 aromatic rings. The van der Waals surface area contributed by atoms with Gasteiger partial charge in [0.05, 0.1) is 28.9 Å². The van der Waals surface area contributed by atoms with Crippen molar-refractivity contribution < 1.29 is 9.53 Å². The van der Waals surface area contributed by atoms with Crippen LogP contribution < -0.4 is 4.74 Å². The van der Waals surface area contributed by atoms with Crippen LogP contribution >= 0.6 is 24.0 Å². The Labute approximate surface area is 220 Å². The van der Waals surface area contributed by atoms with Crippen molar-refractivity contribution in [2.45, 2.75) is 26.5 Å². The number of hydrogen-bond donors (Lipinski definition) is 0. The van der Waals surface area contributed by atoms with Crippen molar-refractivity contribution in [2.24, 2.45) is 0 Å². The molecule has 0 radical (unpaired) electrons. The van der Waals surface area contributed by atoms with Gasteiger partial charge in [0.15, 0.2) is 0 Å². The molecule has 36 heavy (non-hydrogen) atoms. The van der Waals surface area contributed by atoms with Gasteiger partial charge in [-0.2, -0.15) is 5.10 Å². The lowest BCUT2D eigenvalue weighted by molar-refractivity contribution is -0.122. The van der Waals surface area contributed by atoms with Crippen LogP contribution in [0.5, 0.6) is 5.75 Å². The molecular formula is C29H25N3O2S2. The summed E-state index contributed by atoms with van der Waals surface area (Å²) < 4.78 is 8.19.